The summed E-state index contributed by atoms with van der Waals surface area (Å²) in [7, 11) is 0. The molecular formula is C10H17NO4. The molecule has 0 rings (SSSR count). The number of aliphatic carboxylic acids is 1. The highest BCUT2D eigenvalue weighted by molar-refractivity contribution is 6.30. The minimum atomic E-state index is -1.12. The number of unbranched alkanes of at least 4 members (excludes halogenated alkanes) is 2. The van der Waals surface area contributed by atoms with Gasteiger partial charge in [-0.1, -0.05) is 26.2 Å². The van der Waals surface area contributed by atoms with Crippen molar-refractivity contribution in [2.24, 2.45) is 4.99 Å². The number of aliphatic imine (C=N–C) groups is 1. The first-order valence-corrected chi connectivity index (χ1v) is 5.01. The Morgan fingerprint density at radius 2 is 2.13 bits per heavy atom. The van der Waals surface area contributed by atoms with Crippen LogP contribution in [0.1, 0.15) is 32.6 Å². The molecule has 0 saturated carbocycles. The Bertz CT molecular complexity index is 238. The van der Waals surface area contributed by atoms with Gasteiger partial charge in [-0.05, 0) is 6.42 Å². The van der Waals surface area contributed by atoms with Crippen LogP contribution in [0.15, 0.2) is 4.99 Å². The monoisotopic (exact) mass is 215 g/mol. The molecule has 5 heteroatoms. The molecule has 0 aliphatic rings. The van der Waals surface area contributed by atoms with Crippen LogP contribution in [0.25, 0.3) is 0 Å². The molecule has 1 unspecified atom stereocenters. The largest absolute Gasteiger partial charge is 0.480 e. The minimum Gasteiger partial charge on any atom is -0.480 e. The number of carboxylic acid groups (broad SMARTS) is 1. The number of aliphatic hydroxyl groups excluding tert-OH is 1. The van der Waals surface area contributed by atoms with Crippen molar-refractivity contribution in [1.29, 1.82) is 0 Å². The summed E-state index contributed by atoms with van der Waals surface area (Å²) in [5, 5.41) is 17.8. The number of aliphatic hydroxyl groups is 1. The summed E-state index contributed by atoms with van der Waals surface area (Å²) in [5.74, 6) is -1.12. The Hall–Kier alpha value is -1.23. The van der Waals surface area contributed by atoms with Crippen LogP contribution in [0.5, 0.6) is 0 Å². The van der Waals surface area contributed by atoms with E-state index in [1.807, 2.05) is 6.92 Å². The molecule has 2 N–H and O–H groups in total. The predicted octanol–water partition coefficient (Wildman–Crippen LogP) is 0.652. The maximum absolute atomic E-state index is 10.5. The van der Waals surface area contributed by atoms with Gasteiger partial charge < -0.3 is 10.2 Å². The minimum absolute atomic E-state index is 0.0755. The second-order valence-corrected chi connectivity index (χ2v) is 3.26. The molecule has 0 aliphatic heterocycles. The Morgan fingerprint density at radius 1 is 1.47 bits per heavy atom. The molecule has 0 heterocycles. The van der Waals surface area contributed by atoms with Gasteiger partial charge in [0.2, 0.25) is 0 Å². The molecule has 0 bridgehead atoms. The average Bonchev–Trinajstić information content (AvgIpc) is 2.18. The molecule has 0 amide bonds. The molecule has 0 saturated heterocycles. The molecule has 1 atom stereocenters. The van der Waals surface area contributed by atoms with Gasteiger partial charge in [-0.25, -0.2) is 0 Å². The highest BCUT2D eigenvalue weighted by Crippen LogP contribution is 2.04. The van der Waals surface area contributed by atoms with E-state index < -0.39 is 18.6 Å². The second kappa shape index (κ2) is 8.11. The van der Waals surface area contributed by atoms with Crippen LogP contribution < -0.4 is 0 Å². The normalized spacial score (nSPS) is 13.6. The summed E-state index contributed by atoms with van der Waals surface area (Å²) in [4.78, 5) is 24.2. The molecule has 0 aromatic rings. The van der Waals surface area contributed by atoms with E-state index in [2.05, 4.69) is 4.99 Å². The van der Waals surface area contributed by atoms with Gasteiger partial charge >= 0.3 is 5.97 Å². The van der Waals surface area contributed by atoms with Crippen molar-refractivity contribution in [1.82, 2.24) is 0 Å². The molecule has 0 radical (unpaired) electrons. The zero-order valence-corrected chi connectivity index (χ0v) is 8.85. The van der Waals surface area contributed by atoms with Gasteiger partial charge in [0.25, 0.3) is 0 Å². The van der Waals surface area contributed by atoms with Crippen LogP contribution in [0.4, 0.5) is 0 Å². The number of carbonyl (C=O) groups excluding carboxylic acids is 1. The summed E-state index contributed by atoms with van der Waals surface area (Å²) in [5.41, 5.74) is -0.0755. The highest BCUT2D eigenvalue weighted by Gasteiger charge is 2.11. The van der Waals surface area contributed by atoms with E-state index in [1.54, 1.807) is 0 Å². The predicted molar refractivity (Wildman–Crippen MR) is 56.2 cm³/mol. The molecule has 86 valence electrons. The van der Waals surface area contributed by atoms with Crippen molar-refractivity contribution >= 4 is 18.0 Å². The molecule has 0 aromatic carbocycles. The van der Waals surface area contributed by atoms with Crippen molar-refractivity contribution in [3.63, 3.8) is 0 Å². The summed E-state index contributed by atoms with van der Waals surface area (Å²) in [6.45, 7) is 1.56. The Balaban J connectivity index is 4.08. The fraction of sp³-hybridized carbons (Fsp3) is 0.700. The second-order valence-electron chi connectivity index (χ2n) is 3.26. The van der Waals surface area contributed by atoms with E-state index in [0.29, 0.717) is 12.7 Å². The van der Waals surface area contributed by atoms with E-state index in [-0.39, 0.29) is 5.71 Å². The van der Waals surface area contributed by atoms with Crippen LogP contribution >= 0.6 is 0 Å². The van der Waals surface area contributed by atoms with Crippen molar-refractivity contribution in [2.45, 2.75) is 38.7 Å². The van der Waals surface area contributed by atoms with Crippen LogP contribution in [0.3, 0.4) is 0 Å². The van der Waals surface area contributed by atoms with E-state index >= 15 is 0 Å². The smallest absolute Gasteiger partial charge is 0.325 e. The molecule has 5 nitrogen and oxygen atoms in total. The first-order valence-electron chi connectivity index (χ1n) is 5.01. The average molecular weight is 215 g/mol. The van der Waals surface area contributed by atoms with Gasteiger partial charge in [-0.15, -0.1) is 0 Å². The van der Waals surface area contributed by atoms with E-state index in [0.717, 1.165) is 19.3 Å². The van der Waals surface area contributed by atoms with Gasteiger partial charge in [0, 0.05) is 0 Å². The fourth-order valence-corrected chi connectivity index (χ4v) is 1.12. The van der Waals surface area contributed by atoms with Crippen molar-refractivity contribution in [3.8, 4) is 0 Å². The fourth-order valence-electron chi connectivity index (χ4n) is 1.12. The number of rotatable bonds is 8. The Kier molecular flexibility index (Phi) is 7.44. The lowest BCUT2D eigenvalue weighted by Gasteiger charge is -2.08. The maximum Gasteiger partial charge on any atom is 0.325 e. The van der Waals surface area contributed by atoms with Crippen LogP contribution in [-0.2, 0) is 9.59 Å². The lowest BCUT2D eigenvalue weighted by atomic mass is 10.1. The third kappa shape index (κ3) is 6.79. The third-order valence-electron chi connectivity index (χ3n) is 1.94. The number of hydrogen-bond acceptors (Lipinski definition) is 4. The first kappa shape index (κ1) is 13.8. The van der Waals surface area contributed by atoms with Crippen molar-refractivity contribution in [2.75, 3.05) is 6.54 Å². The lowest BCUT2D eigenvalue weighted by molar-refractivity contribution is -0.135. The van der Waals surface area contributed by atoms with Crippen molar-refractivity contribution < 1.29 is 19.8 Å². The van der Waals surface area contributed by atoms with Gasteiger partial charge in [0.1, 0.15) is 12.3 Å². The number of aldehydes is 1. The molecule has 0 aromatic heterocycles. The van der Waals surface area contributed by atoms with Crippen LogP contribution in [-0.4, -0.2) is 40.8 Å². The maximum atomic E-state index is 10.5. The summed E-state index contributed by atoms with van der Waals surface area (Å²) in [6, 6.07) is 0. The summed E-state index contributed by atoms with van der Waals surface area (Å²) >= 11 is 0. The van der Waals surface area contributed by atoms with E-state index in [9.17, 15) is 14.7 Å². The molecular weight excluding hydrogens is 198 g/mol. The Morgan fingerprint density at radius 3 is 2.60 bits per heavy atom. The SMILES string of the molecule is CCCCCC(O)C(C=O)=NCC(=O)O. The number of carboxylic acids is 1. The number of nitrogens with zero attached hydrogens (tertiary/aromatic N) is 1. The molecule has 0 aliphatic carbocycles. The topological polar surface area (TPSA) is 87.0 Å². The quantitative estimate of drug-likeness (QED) is 0.353. The Labute approximate surface area is 88.8 Å². The zero-order chi connectivity index (χ0) is 11.7. The van der Waals surface area contributed by atoms with Crippen LogP contribution in [0.2, 0.25) is 0 Å². The summed E-state index contributed by atoms with van der Waals surface area (Å²) < 4.78 is 0. The number of hydrogen-bond donors (Lipinski definition) is 2. The highest BCUT2D eigenvalue weighted by atomic mass is 16.4. The summed E-state index contributed by atoms with van der Waals surface area (Å²) in [6.07, 6.45) is 2.73. The first-order chi connectivity index (χ1) is 7.11. The zero-order valence-electron chi connectivity index (χ0n) is 8.85. The number of carbonyl (C=O) groups is 2. The van der Waals surface area contributed by atoms with Gasteiger partial charge in [0.15, 0.2) is 6.29 Å². The third-order valence-corrected chi connectivity index (χ3v) is 1.94. The van der Waals surface area contributed by atoms with Gasteiger partial charge in [0.05, 0.1) is 6.10 Å². The molecule has 0 fully saturated rings. The lowest BCUT2D eigenvalue weighted by Crippen LogP contribution is -2.23. The van der Waals surface area contributed by atoms with Crippen LogP contribution in [0, 0.1) is 0 Å². The molecule has 15 heavy (non-hydrogen) atoms. The molecule has 0 spiro atoms. The van der Waals surface area contributed by atoms with Gasteiger partial charge in [-0.3, -0.25) is 14.6 Å². The standard InChI is InChI=1S/C10H17NO4/c1-2-3-4-5-9(13)8(7-12)11-6-10(14)15/h7,9,13H,2-6H2,1H3,(H,14,15). The van der Waals surface area contributed by atoms with E-state index in [1.165, 1.54) is 0 Å². The van der Waals surface area contributed by atoms with E-state index in [4.69, 9.17) is 5.11 Å². The van der Waals surface area contributed by atoms with Gasteiger partial charge in [-0.2, -0.15) is 0 Å². The van der Waals surface area contributed by atoms with Crippen molar-refractivity contribution in [3.05, 3.63) is 0 Å².